The summed E-state index contributed by atoms with van der Waals surface area (Å²) in [6.45, 7) is 1.86. The lowest BCUT2D eigenvalue weighted by molar-refractivity contribution is -0.0525. The van der Waals surface area contributed by atoms with Crippen LogP contribution in [0.5, 0.6) is 5.88 Å². The molecule has 1 aliphatic heterocycles. The summed E-state index contributed by atoms with van der Waals surface area (Å²) >= 11 is 0. The maximum atomic E-state index is 14.0. The van der Waals surface area contributed by atoms with Crippen molar-refractivity contribution < 1.29 is 31.8 Å². The van der Waals surface area contributed by atoms with Gasteiger partial charge in [-0.15, -0.1) is 0 Å². The Kier molecular flexibility index (Phi) is 7.86. The van der Waals surface area contributed by atoms with Crippen LogP contribution in [0.2, 0.25) is 0 Å². The van der Waals surface area contributed by atoms with Crippen LogP contribution >= 0.6 is 0 Å². The molecule has 4 heterocycles. The normalized spacial score (nSPS) is 14.1. The molecule has 4 rings (SSSR count). The fourth-order valence-corrected chi connectivity index (χ4v) is 3.84. The summed E-state index contributed by atoms with van der Waals surface area (Å²) in [6, 6.07) is 5.72. The highest BCUT2D eigenvalue weighted by atomic mass is 19.3. The first-order valence-electron chi connectivity index (χ1n) is 11.6. The second-order valence-electron chi connectivity index (χ2n) is 8.33. The van der Waals surface area contributed by atoms with E-state index in [0.717, 1.165) is 12.3 Å². The highest BCUT2D eigenvalue weighted by Gasteiger charge is 2.31. The molecule has 1 N–H and O–H groups in total. The van der Waals surface area contributed by atoms with Crippen LogP contribution in [0.25, 0.3) is 11.1 Å². The Hall–Kier alpha value is -3.80. The lowest BCUT2D eigenvalue weighted by Crippen LogP contribution is -2.36. The zero-order chi connectivity index (χ0) is 26.6. The maximum Gasteiger partial charge on any atom is 0.388 e. The molecule has 0 radical (unpaired) electrons. The van der Waals surface area contributed by atoms with Gasteiger partial charge in [0.1, 0.15) is 11.4 Å². The number of hydrogen-bond donors (Lipinski definition) is 1. The SMILES string of the molecule is CCC(F)(F)c1cc(C(=O)Nc2cnc(C)c(-c3cnc(OC(F)F)c(N4CCOCC4)c3)c2)ccn1. The lowest BCUT2D eigenvalue weighted by Gasteiger charge is -2.30. The van der Waals surface area contributed by atoms with Gasteiger partial charge in [-0.3, -0.25) is 14.8 Å². The molecule has 0 atom stereocenters. The predicted octanol–water partition coefficient (Wildman–Crippen LogP) is 5.04. The average molecular weight is 519 g/mol. The molecule has 1 aliphatic rings. The van der Waals surface area contributed by atoms with Gasteiger partial charge in [0.15, 0.2) is 0 Å². The zero-order valence-corrected chi connectivity index (χ0v) is 20.2. The molecular formula is C25H25F4N5O3. The molecule has 196 valence electrons. The molecular weight excluding hydrogens is 494 g/mol. The van der Waals surface area contributed by atoms with Crippen molar-refractivity contribution in [3.05, 3.63) is 59.8 Å². The Balaban J connectivity index is 1.63. The van der Waals surface area contributed by atoms with Gasteiger partial charge in [-0.1, -0.05) is 6.92 Å². The summed E-state index contributed by atoms with van der Waals surface area (Å²) in [5.74, 6) is -3.96. The minimum absolute atomic E-state index is 0.0185. The van der Waals surface area contributed by atoms with E-state index in [1.165, 1.54) is 25.4 Å². The van der Waals surface area contributed by atoms with Gasteiger partial charge in [0.25, 0.3) is 11.8 Å². The predicted molar refractivity (Wildman–Crippen MR) is 128 cm³/mol. The van der Waals surface area contributed by atoms with E-state index in [-0.39, 0.29) is 11.4 Å². The molecule has 37 heavy (non-hydrogen) atoms. The molecule has 0 aliphatic carbocycles. The van der Waals surface area contributed by atoms with Crippen molar-refractivity contribution in [2.24, 2.45) is 0 Å². The largest absolute Gasteiger partial charge is 0.415 e. The number of pyridine rings is 3. The van der Waals surface area contributed by atoms with Gasteiger partial charge in [-0.05, 0) is 31.2 Å². The zero-order valence-electron chi connectivity index (χ0n) is 20.2. The van der Waals surface area contributed by atoms with Crippen LogP contribution in [-0.4, -0.2) is 53.8 Å². The Bertz CT molecular complexity index is 1270. The second-order valence-corrected chi connectivity index (χ2v) is 8.33. The Morgan fingerprint density at radius 3 is 2.62 bits per heavy atom. The Morgan fingerprint density at radius 1 is 1.16 bits per heavy atom. The number of anilines is 2. The number of nitrogens with one attached hydrogen (secondary N) is 1. The summed E-state index contributed by atoms with van der Waals surface area (Å²) in [5.41, 5.74) is 1.99. The van der Waals surface area contributed by atoms with Crippen molar-refractivity contribution in [1.82, 2.24) is 15.0 Å². The third-order valence-corrected chi connectivity index (χ3v) is 5.88. The fraction of sp³-hybridized carbons (Fsp3) is 0.360. The van der Waals surface area contributed by atoms with Crippen molar-refractivity contribution in [3.63, 3.8) is 0 Å². The molecule has 0 saturated carbocycles. The molecule has 1 amide bonds. The Labute approximate surface area is 210 Å². The van der Waals surface area contributed by atoms with Crippen molar-refractivity contribution in [1.29, 1.82) is 0 Å². The molecule has 1 saturated heterocycles. The number of hydrogen-bond acceptors (Lipinski definition) is 7. The molecule has 3 aromatic heterocycles. The number of amides is 1. The van der Waals surface area contributed by atoms with Gasteiger partial charge >= 0.3 is 6.61 Å². The quantitative estimate of drug-likeness (QED) is 0.417. The van der Waals surface area contributed by atoms with Crippen LogP contribution in [-0.2, 0) is 10.7 Å². The summed E-state index contributed by atoms with van der Waals surface area (Å²) in [7, 11) is 0. The Morgan fingerprint density at radius 2 is 1.92 bits per heavy atom. The van der Waals surface area contributed by atoms with Crippen LogP contribution in [0.15, 0.2) is 42.9 Å². The van der Waals surface area contributed by atoms with Crippen molar-refractivity contribution >= 4 is 17.3 Å². The summed E-state index contributed by atoms with van der Waals surface area (Å²) in [5, 5.41) is 2.66. The molecule has 0 spiro atoms. The fourth-order valence-electron chi connectivity index (χ4n) is 3.84. The number of aryl methyl sites for hydroxylation is 1. The number of rotatable bonds is 8. The number of morpholine rings is 1. The van der Waals surface area contributed by atoms with Crippen molar-refractivity contribution in [3.8, 4) is 17.0 Å². The van der Waals surface area contributed by atoms with E-state index < -0.39 is 30.6 Å². The van der Waals surface area contributed by atoms with E-state index in [9.17, 15) is 22.4 Å². The first kappa shape index (κ1) is 26.3. The smallest absolute Gasteiger partial charge is 0.388 e. The molecule has 1 fully saturated rings. The van der Waals surface area contributed by atoms with Crippen molar-refractivity contribution in [2.45, 2.75) is 32.8 Å². The van der Waals surface area contributed by atoms with Gasteiger partial charge in [0.2, 0.25) is 5.88 Å². The van der Waals surface area contributed by atoms with Crippen LogP contribution < -0.4 is 15.0 Å². The van der Waals surface area contributed by atoms with E-state index in [2.05, 4.69) is 25.0 Å². The number of aromatic nitrogens is 3. The maximum absolute atomic E-state index is 14.0. The molecule has 0 bridgehead atoms. The number of carbonyl (C=O) groups is 1. The minimum Gasteiger partial charge on any atom is -0.415 e. The first-order chi connectivity index (χ1) is 17.7. The number of alkyl halides is 4. The molecule has 0 unspecified atom stereocenters. The topological polar surface area (TPSA) is 89.5 Å². The van der Waals surface area contributed by atoms with Crippen LogP contribution in [0.4, 0.5) is 28.9 Å². The second kappa shape index (κ2) is 11.1. The average Bonchev–Trinajstić information content (AvgIpc) is 2.90. The first-order valence-corrected chi connectivity index (χ1v) is 11.6. The van der Waals surface area contributed by atoms with Gasteiger partial charge < -0.3 is 19.7 Å². The van der Waals surface area contributed by atoms with E-state index in [1.807, 2.05) is 4.90 Å². The van der Waals surface area contributed by atoms with Gasteiger partial charge in [-0.25, -0.2) is 4.98 Å². The van der Waals surface area contributed by atoms with E-state index in [0.29, 0.717) is 54.5 Å². The molecule has 12 heteroatoms. The summed E-state index contributed by atoms with van der Waals surface area (Å²) < 4.78 is 64.0. The standard InChI is InChI=1S/C25H25F4N5O3/c1-3-25(28,29)21-11-16(4-5-30-21)22(35)33-18-12-19(15(2)31-14-18)17-10-20(34-6-8-36-9-7-34)23(32-13-17)37-24(26)27/h4-5,10-14,24H,3,6-9H2,1-2H3,(H,33,35). The van der Waals surface area contributed by atoms with Crippen molar-refractivity contribution in [2.75, 3.05) is 36.5 Å². The minimum atomic E-state index is -3.15. The highest BCUT2D eigenvalue weighted by molar-refractivity contribution is 6.04. The van der Waals surface area contributed by atoms with E-state index >= 15 is 0 Å². The summed E-state index contributed by atoms with van der Waals surface area (Å²) in [4.78, 5) is 26.8. The van der Waals surface area contributed by atoms with Crippen LogP contribution in [0, 0.1) is 6.92 Å². The number of halogens is 4. The number of ether oxygens (including phenoxy) is 2. The molecule has 8 nitrogen and oxygen atoms in total. The number of carbonyl (C=O) groups excluding carboxylic acids is 1. The number of nitrogens with zero attached hydrogens (tertiary/aromatic N) is 4. The highest BCUT2D eigenvalue weighted by Crippen LogP contribution is 2.35. The monoisotopic (exact) mass is 519 g/mol. The van der Waals surface area contributed by atoms with E-state index in [4.69, 9.17) is 4.74 Å². The molecule has 3 aromatic rings. The van der Waals surface area contributed by atoms with Gasteiger partial charge in [-0.2, -0.15) is 17.6 Å². The molecule has 0 aromatic carbocycles. The van der Waals surface area contributed by atoms with Gasteiger partial charge in [0, 0.05) is 54.3 Å². The van der Waals surface area contributed by atoms with Gasteiger partial charge in [0.05, 0.1) is 25.1 Å². The van der Waals surface area contributed by atoms with Crippen LogP contribution in [0.1, 0.15) is 35.1 Å². The van der Waals surface area contributed by atoms with Crippen LogP contribution in [0.3, 0.4) is 0 Å². The summed E-state index contributed by atoms with van der Waals surface area (Å²) in [6.07, 6.45) is 3.54. The van der Waals surface area contributed by atoms with E-state index in [1.54, 1.807) is 19.1 Å². The lowest BCUT2D eigenvalue weighted by atomic mass is 10.0. The third kappa shape index (κ3) is 6.13. The third-order valence-electron chi connectivity index (χ3n) is 5.88.